The molecule has 0 aliphatic carbocycles. The highest BCUT2D eigenvalue weighted by molar-refractivity contribution is 5.85. The Morgan fingerprint density at radius 3 is 2.29 bits per heavy atom. The number of nitrogens with zero attached hydrogens (tertiary/aromatic N) is 2. The summed E-state index contributed by atoms with van der Waals surface area (Å²) < 4.78 is 0. The van der Waals surface area contributed by atoms with Crippen LogP contribution in [0.4, 0.5) is 0 Å². The SMILES string of the molecule is Cl.N#Cc1ccc(CN=C(N)N)cc1. The quantitative estimate of drug-likeness (QED) is 0.558. The molecule has 1 aromatic rings. The van der Waals surface area contributed by atoms with Crippen LogP contribution in [-0.4, -0.2) is 5.96 Å². The number of aliphatic imine (C=N–C) groups is 1. The number of hydrogen-bond donors (Lipinski definition) is 2. The number of halogens is 1. The fourth-order valence-electron chi connectivity index (χ4n) is 0.867. The molecular weight excluding hydrogens is 200 g/mol. The highest BCUT2D eigenvalue weighted by Crippen LogP contribution is 2.03. The van der Waals surface area contributed by atoms with E-state index in [1.165, 1.54) is 0 Å². The van der Waals surface area contributed by atoms with Crippen molar-refractivity contribution in [2.24, 2.45) is 16.5 Å². The number of benzene rings is 1. The molecule has 0 aromatic heterocycles. The number of nitrogens with two attached hydrogens (primary N) is 2. The molecule has 0 spiro atoms. The molecule has 74 valence electrons. The summed E-state index contributed by atoms with van der Waals surface area (Å²) in [7, 11) is 0. The fraction of sp³-hybridized carbons (Fsp3) is 0.111. The Morgan fingerprint density at radius 2 is 1.86 bits per heavy atom. The van der Waals surface area contributed by atoms with Gasteiger partial charge in [-0.2, -0.15) is 5.26 Å². The van der Waals surface area contributed by atoms with E-state index >= 15 is 0 Å². The monoisotopic (exact) mass is 210 g/mol. The van der Waals surface area contributed by atoms with Crippen LogP contribution >= 0.6 is 12.4 Å². The lowest BCUT2D eigenvalue weighted by Gasteiger charge is -1.96. The van der Waals surface area contributed by atoms with E-state index in [9.17, 15) is 0 Å². The zero-order chi connectivity index (χ0) is 9.68. The molecule has 4 nitrogen and oxygen atoms in total. The van der Waals surface area contributed by atoms with Crippen LogP contribution in [0, 0.1) is 11.3 Å². The van der Waals surface area contributed by atoms with Crippen LogP contribution in [0.2, 0.25) is 0 Å². The average Bonchev–Trinajstić information content (AvgIpc) is 2.15. The topological polar surface area (TPSA) is 88.2 Å². The third kappa shape index (κ3) is 3.78. The van der Waals surface area contributed by atoms with Gasteiger partial charge in [0.15, 0.2) is 5.96 Å². The van der Waals surface area contributed by atoms with Crippen LogP contribution in [-0.2, 0) is 6.54 Å². The van der Waals surface area contributed by atoms with E-state index in [0.717, 1.165) is 5.56 Å². The second-order valence-electron chi connectivity index (χ2n) is 2.55. The minimum absolute atomic E-state index is 0. The van der Waals surface area contributed by atoms with Crippen LogP contribution < -0.4 is 11.5 Å². The summed E-state index contributed by atoms with van der Waals surface area (Å²) in [6.07, 6.45) is 0. The maximum Gasteiger partial charge on any atom is 0.186 e. The van der Waals surface area contributed by atoms with Crippen molar-refractivity contribution in [3.63, 3.8) is 0 Å². The molecule has 4 N–H and O–H groups in total. The molecule has 0 saturated carbocycles. The van der Waals surface area contributed by atoms with Gasteiger partial charge in [-0.15, -0.1) is 12.4 Å². The summed E-state index contributed by atoms with van der Waals surface area (Å²) >= 11 is 0. The molecule has 14 heavy (non-hydrogen) atoms. The normalized spacial score (nSPS) is 8.21. The Kier molecular flexibility index (Phi) is 5.12. The molecule has 0 saturated heterocycles. The van der Waals surface area contributed by atoms with Crippen molar-refractivity contribution in [3.05, 3.63) is 35.4 Å². The summed E-state index contributed by atoms with van der Waals surface area (Å²) in [4.78, 5) is 3.84. The van der Waals surface area contributed by atoms with Gasteiger partial charge in [0, 0.05) is 0 Å². The Labute approximate surface area is 88.6 Å². The largest absolute Gasteiger partial charge is 0.370 e. The molecule has 0 fully saturated rings. The zero-order valence-electron chi connectivity index (χ0n) is 7.47. The molecule has 1 rings (SSSR count). The van der Waals surface area contributed by atoms with Gasteiger partial charge in [0.25, 0.3) is 0 Å². The van der Waals surface area contributed by atoms with E-state index in [1.807, 2.05) is 18.2 Å². The van der Waals surface area contributed by atoms with Crippen molar-refractivity contribution >= 4 is 18.4 Å². The van der Waals surface area contributed by atoms with Gasteiger partial charge in [0.05, 0.1) is 18.2 Å². The van der Waals surface area contributed by atoms with Gasteiger partial charge in [0.2, 0.25) is 0 Å². The van der Waals surface area contributed by atoms with Crippen LogP contribution in [0.15, 0.2) is 29.3 Å². The Bertz CT molecular complexity index is 346. The van der Waals surface area contributed by atoms with Crippen LogP contribution in [0.25, 0.3) is 0 Å². The van der Waals surface area contributed by atoms with Gasteiger partial charge in [-0.1, -0.05) is 12.1 Å². The van der Waals surface area contributed by atoms with E-state index in [4.69, 9.17) is 16.7 Å². The van der Waals surface area contributed by atoms with Gasteiger partial charge < -0.3 is 11.5 Å². The Morgan fingerprint density at radius 1 is 1.29 bits per heavy atom. The lowest BCUT2D eigenvalue weighted by Crippen LogP contribution is -2.22. The molecule has 0 bridgehead atoms. The summed E-state index contributed by atoms with van der Waals surface area (Å²) in [6.45, 7) is 0.452. The van der Waals surface area contributed by atoms with Gasteiger partial charge in [-0.05, 0) is 17.7 Å². The van der Waals surface area contributed by atoms with Crippen LogP contribution in [0.3, 0.4) is 0 Å². The summed E-state index contributed by atoms with van der Waals surface area (Å²) in [5, 5.41) is 8.53. The molecule has 0 amide bonds. The summed E-state index contributed by atoms with van der Waals surface area (Å²) in [5.41, 5.74) is 12.0. The number of nitriles is 1. The minimum atomic E-state index is 0. The maximum atomic E-state index is 8.53. The summed E-state index contributed by atoms with van der Waals surface area (Å²) in [5.74, 6) is 0.0735. The fourth-order valence-corrected chi connectivity index (χ4v) is 0.867. The van der Waals surface area contributed by atoms with E-state index in [-0.39, 0.29) is 18.4 Å². The van der Waals surface area contributed by atoms with Crippen LogP contribution in [0.5, 0.6) is 0 Å². The molecule has 0 unspecified atom stereocenters. The highest BCUT2D eigenvalue weighted by Gasteiger charge is 1.92. The van der Waals surface area contributed by atoms with Crippen molar-refractivity contribution in [1.82, 2.24) is 0 Å². The standard InChI is InChI=1S/C9H10N4.ClH/c10-5-7-1-3-8(4-2-7)6-13-9(11)12;/h1-4H,6H2,(H4,11,12,13);1H. The van der Waals surface area contributed by atoms with Gasteiger partial charge in [-0.25, -0.2) is 4.99 Å². The van der Waals surface area contributed by atoms with E-state index in [0.29, 0.717) is 12.1 Å². The first-order valence-electron chi connectivity index (χ1n) is 3.77. The summed E-state index contributed by atoms with van der Waals surface area (Å²) in [6, 6.07) is 9.15. The van der Waals surface area contributed by atoms with Crippen molar-refractivity contribution in [2.45, 2.75) is 6.54 Å². The first kappa shape index (κ1) is 12.3. The predicted molar refractivity (Wildman–Crippen MR) is 57.9 cm³/mol. The van der Waals surface area contributed by atoms with E-state index < -0.39 is 0 Å². The lowest BCUT2D eigenvalue weighted by molar-refractivity contribution is 1.05. The van der Waals surface area contributed by atoms with Gasteiger partial charge in [0.1, 0.15) is 0 Å². The first-order valence-corrected chi connectivity index (χ1v) is 3.77. The highest BCUT2D eigenvalue weighted by atomic mass is 35.5. The zero-order valence-corrected chi connectivity index (χ0v) is 8.29. The minimum Gasteiger partial charge on any atom is -0.370 e. The van der Waals surface area contributed by atoms with Crippen molar-refractivity contribution in [1.29, 1.82) is 5.26 Å². The maximum absolute atomic E-state index is 8.53. The first-order chi connectivity index (χ1) is 6.22. The number of rotatable bonds is 2. The second-order valence-corrected chi connectivity index (χ2v) is 2.55. The van der Waals surface area contributed by atoms with E-state index in [1.54, 1.807) is 12.1 Å². The predicted octanol–water partition coefficient (Wildman–Crippen LogP) is 0.753. The van der Waals surface area contributed by atoms with Crippen LogP contribution in [0.1, 0.15) is 11.1 Å². The molecule has 0 aliphatic heterocycles. The van der Waals surface area contributed by atoms with E-state index in [2.05, 4.69) is 4.99 Å². The number of guanidine groups is 1. The molecule has 0 radical (unpaired) electrons. The Balaban J connectivity index is 0.00000169. The van der Waals surface area contributed by atoms with Crippen molar-refractivity contribution in [3.8, 4) is 6.07 Å². The third-order valence-corrected chi connectivity index (χ3v) is 1.53. The molecule has 0 heterocycles. The molecule has 0 aliphatic rings. The molecule has 0 atom stereocenters. The second kappa shape index (κ2) is 5.84. The third-order valence-electron chi connectivity index (χ3n) is 1.53. The van der Waals surface area contributed by atoms with Crippen molar-refractivity contribution < 1.29 is 0 Å². The van der Waals surface area contributed by atoms with Gasteiger partial charge >= 0.3 is 0 Å². The molecular formula is C9H11ClN4. The van der Waals surface area contributed by atoms with Gasteiger partial charge in [-0.3, -0.25) is 0 Å². The number of hydrogen-bond acceptors (Lipinski definition) is 2. The smallest absolute Gasteiger partial charge is 0.186 e. The molecule has 1 aromatic carbocycles. The molecule has 5 heteroatoms. The Hall–Kier alpha value is -1.73. The lowest BCUT2D eigenvalue weighted by atomic mass is 10.1. The van der Waals surface area contributed by atoms with Crippen molar-refractivity contribution in [2.75, 3.05) is 0 Å². The average molecular weight is 211 g/mol.